The fraction of sp³-hybridized carbons (Fsp3) is 0.385. The highest BCUT2D eigenvalue weighted by atomic mass is 16.7. The largest absolute Gasteiger partial charge is 0.508 e. The number of carboxylic acids is 1. The van der Waals surface area contributed by atoms with Gasteiger partial charge in [-0.2, -0.15) is 0 Å². The van der Waals surface area contributed by atoms with Crippen molar-refractivity contribution in [3.63, 3.8) is 0 Å². The predicted molar refractivity (Wildman–Crippen MR) is 131 cm³/mol. The van der Waals surface area contributed by atoms with Crippen molar-refractivity contribution in [2.24, 2.45) is 5.92 Å². The summed E-state index contributed by atoms with van der Waals surface area (Å²) in [5, 5.41) is 70.1. The molecule has 0 aliphatic carbocycles. The van der Waals surface area contributed by atoms with E-state index in [1.54, 1.807) is 12.1 Å². The second kappa shape index (κ2) is 10.5. The molecule has 204 valence electrons. The summed E-state index contributed by atoms with van der Waals surface area (Å²) in [6.45, 7) is 3.95. The van der Waals surface area contributed by atoms with Crippen molar-refractivity contribution in [3.05, 3.63) is 46.1 Å². The lowest BCUT2D eigenvalue weighted by atomic mass is 9.97. The van der Waals surface area contributed by atoms with E-state index >= 15 is 0 Å². The number of carbonyl (C=O) groups is 1. The summed E-state index contributed by atoms with van der Waals surface area (Å²) in [6.07, 6.45) is -8.79. The number of aliphatic hydroxyl groups excluding tert-OH is 3. The van der Waals surface area contributed by atoms with E-state index in [-0.39, 0.29) is 34.0 Å². The summed E-state index contributed by atoms with van der Waals surface area (Å²) in [7, 11) is 0. The van der Waals surface area contributed by atoms with Gasteiger partial charge in [0, 0.05) is 17.2 Å². The van der Waals surface area contributed by atoms with E-state index in [2.05, 4.69) is 0 Å². The molecule has 1 aliphatic rings. The Hall–Kier alpha value is -3.84. The van der Waals surface area contributed by atoms with Gasteiger partial charge in [0.05, 0.1) is 0 Å². The number of carboxylic acid groups (broad SMARTS) is 1. The van der Waals surface area contributed by atoms with Gasteiger partial charge in [-0.05, 0) is 43.0 Å². The smallest absolute Gasteiger partial charge is 0.335 e. The zero-order valence-corrected chi connectivity index (χ0v) is 20.4. The summed E-state index contributed by atoms with van der Waals surface area (Å²) in [5.41, 5.74) is -0.110. The molecule has 2 aromatic carbocycles. The van der Waals surface area contributed by atoms with Gasteiger partial charge in [-0.15, -0.1) is 0 Å². The second-order valence-corrected chi connectivity index (χ2v) is 9.52. The van der Waals surface area contributed by atoms with Crippen molar-refractivity contribution >= 4 is 16.9 Å². The quantitative estimate of drug-likeness (QED) is 0.216. The van der Waals surface area contributed by atoms with Crippen LogP contribution in [-0.2, 0) is 16.0 Å². The fourth-order valence-electron chi connectivity index (χ4n) is 4.21. The molecule has 1 saturated heterocycles. The maximum Gasteiger partial charge on any atom is 0.335 e. The Morgan fingerprint density at radius 2 is 1.66 bits per heavy atom. The lowest BCUT2D eigenvalue weighted by molar-refractivity contribution is -0.271. The number of hydrogen-bond acceptors (Lipinski definition) is 11. The van der Waals surface area contributed by atoms with E-state index in [9.17, 15) is 45.3 Å². The minimum Gasteiger partial charge on any atom is -0.508 e. The average molecular weight is 532 g/mol. The van der Waals surface area contributed by atoms with Gasteiger partial charge in [-0.1, -0.05) is 13.8 Å². The molecule has 3 aromatic rings. The summed E-state index contributed by atoms with van der Waals surface area (Å²) in [5.74, 6) is -3.59. The van der Waals surface area contributed by atoms with Crippen LogP contribution < -0.4 is 10.2 Å². The molecule has 38 heavy (non-hydrogen) atoms. The van der Waals surface area contributed by atoms with Crippen molar-refractivity contribution < 1.29 is 54.4 Å². The van der Waals surface area contributed by atoms with Crippen LogP contribution in [0.3, 0.4) is 0 Å². The number of phenols is 3. The number of ether oxygens (including phenoxy) is 2. The lowest BCUT2D eigenvalue weighted by Gasteiger charge is -2.38. The van der Waals surface area contributed by atoms with Crippen molar-refractivity contribution in [3.8, 4) is 34.3 Å². The Morgan fingerprint density at radius 3 is 2.26 bits per heavy atom. The van der Waals surface area contributed by atoms with E-state index in [4.69, 9.17) is 13.9 Å². The van der Waals surface area contributed by atoms with E-state index in [1.165, 1.54) is 12.1 Å². The Kier molecular flexibility index (Phi) is 7.51. The fourth-order valence-corrected chi connectivity index (χ4v) is 4.21. The van der Waals surface area contributed by atoms with Crippen LogP contribution in [-0.4, -0.2) is 72.4 Å². The first-order chi connectivity index (χ1) is 17.9. The number of phenolic OH excluding ortho intramolecular Hbond substituents is 3. The minimum absolute atomic E-state index is 0.00289. The number of benzene rings is 2. The third-order valence-corrected chi connectivity index (χ3v) is 6.35. The summed E-state index contributed by atoms with van der Waals surface area (Å²) < 4.78 is 16.5. The zero-order chi connectivity index (χ0) is 27.9. The molecule has 4 rings (SSSR count). The van der Waals surface area contributed by atoms with Gasteiger partial charge in [-0.3, -0.25) is 4.79 Å². The normalized spacial score (nSPS) is 23.6. The molecule has 0 bridgehead atoms. The van der Waals surface area contributed by atoms with Gasteiger partial charge < -0.3 is 49.6 Å². The lowest BCUT2D eigenvalue weighted by Crippen LogP contribution is -2.61. The third-order valence-electron chi connectivity index (χ3n) is 6.35. The Labute approximate surface area is 215 Å². The Morgan fingerprint density at radius 1 is 1.00 bits per heavy atom. The average Bonchev–Trinajstić information content (AvgIpc) is 2.86. The first-order valence-electron chi connectivity index (χ1n) is 11.8. The van der Waals surface area contributed by atoms with Crippen molar-refractivity contribution in [1.82, 2.24) is 0 Å². The first-order valence-corrected chi connectivity index (χ1v) is 11.8. The Bertz CT molecular complexity index is 1390. The van der Waals surface area contributed by atoms with Gasteiger partial charge in [0.2, 0.25) is 12.0 Å². The van der Waals surface area contributed by atoms with Crippen LogP contribution in [0, 0.1) is 5.92 Å². The third kappa shape index (κ3) is 4.98. The molecular weight excluding hydrogens is 504 g/mol. The molecule has 5 unspecified atom stereocenters. The van der Waals surface area contributed by atoms with Crippen LogP contribution in [0.25, 0.3) is 22.3 Å². The molecule has 1 aliphatic heterocycles. The van der Waals surface area contributed by atoms with Crippen molar-refractivity contribution in [2.75, 3.05) is 0 Å². The molecular formula is C26H28O12. The molecule has 12 heteroatoms. The number of aliphatic carboxylic acids is 1. The van der Waals surface area contributed by atoms with Crippen LogP contribution in [0.15, 0.2) is 39.5 Å². The number of aromatic hydroxyl groups is 3. The van der Waals surface area contributed by atoms with Gasteiger partial charge in [0.1, 0.15) is 40.8 Å². The van der Waals surface area contributed by atoms with Gasteiger partial charge in [0.15, 0.2) is 23.0 Å². The SMILES string of the molecule is CC(C)CCc1c(-c2ccc(O)cc2)oc2cc(OC3OC(C(=O)O)C(O)C(O)C3O)c(O)c(O)c2c1=O. The molecule has 0 spiro atoms. The van der Waals surface area contributed by atoms with Crippen molar-refractivity contribution in [2.45, 2.75) is 57.4 Å². The first kappa shape index (κ1) is 27.2. The van der Waals surface area contributed by atoms with Crippen molar-refractivity contribution in [1.29, 1.82) is 0 Å². The second-order valence-electron chi connectivity index (χ2n) is 9.52. The molecule has 5 atom stereocenters. The number of rotatable bonds is 7. The van der Waals surface area contributed by atoms with E-state index in [0.717, 1.165) is 6.07 Å². The summed E-state index contributed by atoms with van der Waals surface area (Å²) >= 11 is 0. The van der Waals surface area contributed by atoms with E-state index < -0.39 is 59.4 Å². The summed E-state index contributed by atoms with van der Waals surface area (Å²) in [4.78, 5) is 24.9. The molecule has 0 saturated carbocycles. The molecule has 1 aromatic heterocycles. The zero-order valence-electron chi connectivity index (χ0n) is 20.4. The number of hydrogen-bond donors (Lipinski definition) is 7. The molecule has 12 nitrogen and oxygen atoms in total. The monoisotopic (exact) mass is 532 g/mol. The molecule has 2 heterocycles. The van der Waals surface area contributed by atoms with Crippen LogP contribution in [0.1, 0.15) is 25.8 Å². The molecule has 1 fully saturated rings. The van der Waals surface area contributed by atoms with Gasteiger partial charge >= 0.3 is 5.97 Å². The highest BCUT2D eigenvalue weighted by Gasteiger charge is 2.48. The van der Waals surface area contributed by atoms with Crippen LogP contribution in [0.5, 0.6) is 23.0 Å². The number of fused-ring (bicyclic) bond motifs is 1. The highest BCUT2D eigenvalue weighted by Crippen LogP contribution is 2.43. The topological polar surface area (TPSA) is 207 Å². The number of aliphatic hydroxyl groups is 3. The van der Waals surface area contributed by atoms with Gasteiger partial charge in [0.25, 0.3) is 0 Å². The molecule has 7 N–H and O–H groups in total. The van der Waals surface area contributed by atoms with E-state index in [1.807, 2.05) is 13.8 Å². The molecule has 0 radical (unpaired) electrons. The van der Waals surface area contributed by atoms with Crippen LogP contribution >= 0.6 is 0 Å². The van der Waals surface area contributed by atoms with Crippen LogP contribution in [0.4, 0.5) is 0 Å². The predicted octanol–water partition coefficient (Wildman–Crippen LogP) is 1.44. The van der Waals surface area contributed by atoms with E-state index in [0.29, 0.717) is 18.4 Å². The maximum atomic E-state index is 13.5. The van der Waals surface area contributed by atoms with Gasteiger partial charge in [-0.25, -0.2) is 4.79 Å². The summed E-state index contributed by atoms with van der Waals surface area (Å²) in [6, 6.07) is 6.96. The standard InChI is InChI=1S/C26H28O12/c1-10(2)3-8-13-17(28)16-14(36-23(13)11-4-6-12(27)7-5-11)9-15(18(29)19(16)30)37-26-22(33)20(31)21(32)24(38-26)25(34)35/h4-7,9-10,20-22,24,26-27,29-33H,3,8H2,1-2H3,(H,34,35). The minimum atomic E-state index is -1.96. The Balaban J connectivity index is 1.84. The highest BCUT2D eigenvalue weighted by molar-refractivity contribution is 5.90. The van der Waals surface area contributed by atoms with Crippen LogP contribution in [0.2, 0.25) is 0 Å². The maximum absolute atomic E-state index is 13.5. The molecule has 0 amide bonds.